The molecule has 8 atom stereocenters. The van der Waals surface area contributed by atoms with Crippen molar-refractivity contribution in [2.45, 2.75) is 209 Å². The molecule has 0 bridgehead atoms. The van der Waals surface area contributed by atoms with E-state index in [1.54, 1.807) is 5.57 Å². The predicted octanol–water partition coefficient (Wildman–Crippen LogP) is 13.9. The largest absolute Gasteiger partial charge is 0.466 e. The van der Waals surface area contributed by atoms with Crippen LogP contribution in [0.2, 0.25) is 0 Å². The standard InChI is InChI=1S/C47H78O3/c1-9-19-43-35(5)36(6)44(50-43)22-16-14-12-10-11-13-15-17-23-45(48)49-38-28-30-46(7)37(32-38)24-25-39-41-27-26-40(34(4)21-18-20-33(2)3)47(41,8)31-29-42(39)46/h24,33-34,38-42H,9-23,25-32H2,1-8H3. The van der Waals surface area contributed by atoms with Gasteiger partial charge in [-0.25, -0.2) is 0 Å². The fraction of sp³-hybridized carbons (Fsp3) is 0.851. The number of carbonyl (C=O) groups is 1. The number of furan rings is 1. The summed E-state index contributed by atoms with van der Waals surface area (Å²) in [6.07, 6.45) is 30.9. The van der Waals surface area contributed by atoms with E-state index in [2.05, 4.69) is 61.5 Å². The Hall–Kier alpha value is -1.51. The van der Waals surface area contributed by atoms with Crippen LogP contribution in [-0.4, -0.2) is 12.1 Å². The van der Waals surface area contributed by atoms with Gasteiger partial charge in [0.15, 0.2) is 0 Å². The molecule has 3 nitrogen and oxygen atoms in total. The number of hydrogen-bond acceptors (Lipinski definition) is 3. The molecule has 0 radical (unpaired) electrons. The van der Waals surface area contributed by atoms with Crippen LogP contribution in [-0.2, 0) is 22.4 Å². The van der Waals surface area contributed by atoms with Crippen molar-refractivity contribution in [3.8, 4) is 0 Å². The van der Waals surface area contributed by atoms with E-state index in [1.807, 2.05) is 0 Å². The predicted molar refractivity (Wildman–Crippen MR) is 210 cm³/mol. The summed E-state index contributed by atoms with van der Waals surface area (Å²) >= 11 is 0. The van der Waals surface area contributed by atoms with Gasteiger partial charge in [0, 0.05) is 25.7 Å². The summed E-state index contributed by atoms with van der Waals surface area (Å²) < 4.78 is 12.3. The summed E-state index contributed by atoms with van der Waals surface area (Å²) in [5, 5.41) is 0. The van der Waals surface area contributed by atoms with Crippen molar-refractivity contribution in [1.82, 2.24) is 0 Å². The third-order valence-corrected chi connectivity index (χ3v) is 15.2. The topological polar surface area (TPSA) is 39.4 Å². The van der Waals surface area contributed by atoms with Crippen LogP contribution < -0.4 is 0 Å². The van der Waals surface area contributed by atoms with E-state index < -0.39 is 0 Å². The molecule has 4 aliphatic rings. The quantitative estimate of drug-likeness (QED) is 0.0824. The third-order valence-electron chi connectivity index (χ3n) is 15.2. The Morgan fingerprint density at radius 3 is 2.20 bits per heavy atom. The second kappa shape index (κ2) is 18.0. The first-order chi connectivity index (χ1) is 24.0. The summed E-state index contributed by atoms with van der Waals surface area (Å²) in [5.74, 6) is 7.69. The maximum absolute atomic E-state index is 12.9. The average Bonchev–Trinajstić information content (AvgIpc) is 3.57. The van der Waals surface area contributed by atoms with Gasteiger partial charge < -0.3 is 9.15 Å². The van der Waals surface area contributed by atoms with Crippen LogP contribution in [0.5, 0.6) is 0 Å². The summed E-state index contributed by atoms with van der Waals surface area (Å²) in [6, 6.07) is 0. The molecule has 0 amide bonds. The van der Waals surface area contributed by atoms with Crippen molar-refractivity contribution in [3.63, 3.8) is 0 Å². The smallest absolute Gasteiger partial charge is 0.306 e. The van der Waals surface area contributed by atoms with Crippen molar-refractivity contribution in [3.05, 3.63) is 34.3 Å². The van der Waals surface area contributed by atoms with E-state index in [-0.39, 0.29) is 12.1 Å². The van der Waals surface area contributed by atoms with E-state index in [0.29, 0.717) is 17.3 Å². The Kier molecular flexibility index (Phi) is 14.3. The van der Waals surface area contributed by atoms with Gasteiger partial charge in [-0.2, -0.15) is 0 Å². The van der Waals surface area contributed by atoms with E-state index in [1.165, 1.54) is 119 Å². The molecular formula is C47H78O3. The van der Waals surface area contributed by atoms with Gasteiger partial charge in [-0.1, -0.05) is 111 Å². The first kappa shape index (κ1) is 39.7. The molecule has 3 heteroatoms. The fourth-order valence-corrected chi connectivity index (χ4v) is 12.0. The molecule has 0 saturated heterocycles. The van der Waals surface area contributed by atoms with Gasteiger partial charge in [-0.3, -0.25) is 4.79 Å². The zero-order valence-corrected chi connectivity index (χ0v) is 34.1. The summed E-state index contributed by atoms with van der Waals surface area (Å²) in [7, 11) is 0. The highest BCUT2D eigenvalue weighted by atomic mass is 16.5. The fourth-order valence-electron chi connectivity index (χ4n) is 12.0. The number of unbranched alkanes of at least 4 members (excludes halogenated alkanes) is 7. The lowest BCUT2D eigenvalue weighted by Gasteiger charge is -2.58. The molecule has 5 rings (SSSR count). The lowest BCUT2D eigenvalue weighted by molar-refractivity contribution is -0.151. The highest BCUT2D eigenvalue weighted by Gasteiger charge is 2.59. The highest BCUT2D eigenvalue weighted by Crippen LogP contribution is 2.67. The number of hydrogen-bond donors (Lipinski definition) is 0. The molecule has 3 fully saturated rings. The molecule has 8 unspecified atom stereocenters. The van der Waals surface area contributed by atoms with Crippen molar-refractivity contribution in [2.24, 2.45) is 46.3 Å². The zero-order valence-electron chi connectivity index (χ0n) is 34.1. The minimum absolute atomic E-state index is 0.0476. The summed E-state index contributed by atoms with van der Waals surface area (Å²) in [6.45, 7) is 19.3. The molecule has 1 aromatic rings. The second-order valence-electron chi connectivity index (χ2n) is 18.9. The molecule has 50 heavy (non-hydrogen) atoms. The molecule has 1 heterocycles. The lowest BCUT2D eigenvalue weighted by atomic mass is 9.47. The van der Waals surface area contributed by atoms with Crippen LogP contribution in [0.1, 0.15) is 199 Å². The van der Waals surface area contributed by atoms with Gasteiger partial charge in [0.05, 0.1) is 0 Å². The van der Waals surface area contributed by atoms with Gasteiger partial charge >= 0.3 is 5.97 Å². The van der Waals surface area contributed by atoms with Crippen molar-refractivity contribution in [2.75, 3.05) is 0 Å². The summed E-state index contributed by atoms with van der Waals surface area (Å²) in [4.78, 5) is 12.9. The van der Waals surface area contributed by atoms with Gasteiger partial charge in [-0.15, -0.1) is 0 Å². The number of allylic oxidation sites excluding steroid dienone is 1. The van der Waals surface area contributed by atoms with E-state index in [9.17, 15) is 4.79 Å². The number of aryl methyl sites for hydroxylation is 2. The van der Waals surface area contributed by atoms with Crippen molar-refractivity contribution >= 4 is 5.97 Å². The Morgan fingerprint density at radius 1 is 0.820 bits per heavy atom. The molecule has 0 aromatic carbocycles. The minimum Gasteiger partial charge on any atom is -0.466 e. The molecule has 1 aromatic heterocycles. The Morgan fingerprint density at radius 2 is 1.50 bits per heavy atom. The molecule has 0 spiro atoms. The van der Waals surface area contributed by atoms with Gasteiger partial charge in [0.2, 0.25) is 0 Å². The maximum atomic E-state index is 12.9. The number of carbonyl (C=O) groups excluding carboxylic acids is 1. The maximum Gasteiger partial charge on any atom is 0.306 e. The van der Waals surface area contributed by atoms with Crippen LogP contribution >= 0.6 is 0 Å². The first-order valence-electron chi connectivity index (χ1n) is 21.9. The zero-order chi connectivity index (χ0) is 35.9. The van der Waals surface area contributed by atoms with Gasteiger partial charge in [-0.05, 0) is 136 Å². The molecule has 4 aliphatic carbocycles. The average molecular weight is 691 g/mol. The van der Waals surface area contributed by atoms with Gasteiger partial charge in [0.1, 0.15) is 17.6 Å². The lowest BCUT2D eigenvalue weighted by Crippen LogP contribution is -2.51. The Balaban J connectivity index is 0.969. The Labute approximate surface area is 308 Å². The van der Waals surface area contributed by atoms with E-state index >= 15 is 0 Å². The highest BCUT2D eigenvalue weighted by molar-refractivity contribution is 5.69. The number of rotatable bonds is 19. The first-order valence-corrected chi connectivity index (χ1v) is 21.9. The Bertz CT molecular complexity index is 1250. The minimum atomic E-state index is 0.0476. The molecule has 0 N–H and O–H groups in total. The van der Waals surface area contributed by atoms with Crippen molar-refractivity contribution in [1.29, 1.82) is 0 Å². The van der Waals surface area contributed by atoms with Crippen LogP contribution in [0, 0.1) is 60.2 Å². The number of ether oxygens (including phenoxy) is 1. The normalized spacial score (nSPS) is 31.2. The molecule has 284 valence electrons. The number of fused-ring (bicyclic) bond motifs is 5. The molecular weight excluding hydrogens is 613 g/mol. The molecule has 3 saturated carbocycles. The van der Waals surface area contributed by atoms with E-state index in [0.717, 1.165) is 80.5 Å². The SMILES string of the molecule is CCCc1oc(CCCCCCCCCCC(=O)OC2CCC3(C)C(=CCC4C3CCC3(C)C(C(C)CCCC(C)C)CCC43)C2)c(C)c1C. The van der Waals surface area contributed by atoms with Crippen LogP contribution in [0.3, 0.4) is 0 Å². The van der Waals surface area contributed by atoms with Crippen LogP contribution in [0.25, 0.3) is 0 Å². The second-order valence-corrected chi connectivity index (χ2v) is 18.9. The van der Waals surface area contributed by atoms with E-state index in [4.69, 9.17) is 9.15 Å². The number of esters is 1. The molecule has 0 aliphatic heterocycles. The van der Waals surface area contributed by atoms with Gasteiger partial charge in [0.25, 0.3) is 0 Å². The van der Waals surface area contributed by atoms with Crippen molar-refractivity contribution < 1.29 is 13.9 Å². The monoisotopic (exact) mass is 691 g/mol. The van der Waals surface area contributed by atoms with Crippen LogP contribution in [0.15, 0.2) is 16.1 Å². The summed E-state index contributed by atoms with van der Waals surface area (Å²) in [5.41, 5.74) is 5.25. The van der Waals surface area contributed by atoms with Crippen LogP contribution in [0.4, 0.5) is 0 Å². The third kappa shape index (κ3) is 9.16.